The third-order valence-electron chi connectivity index (χ3n) is 5.31. The molecule has 2 atom stereocenters. The molecule has 0 aliphatic carbocycles. The molecule has 0 amide bonds. The molecule has 0 radical (unpaired) electrons. The predicted molar refractivity (Wildman–Crippen MR) is 126 cm³/mol. The van der Waals surface area contributed by atoms with Gasteiger partial charge in [0, 0.05) is 32.3 Å². The topological polar surface area (TPSA) is 136 Å². The summed E-state index contributed by atoms with van der Waals surface area (Å²) in [5, 5.41) is 10.7. The van der Waals surface area contributed by atoms with Gasteiger partial charge in [-0.1, -0.05) is 23.4 Å². The van der Waals surface area contributed by atoms with Gasteiger partial charge in [-0.15, -0.1) is 0 Å². The van der Waals surface area contributed by atoms with Gasteiger partial charge in [-0.25, -0.2) is 18.0 Å². The molecule has 0 bridgehead atoms. The van der Waals surface area contributed by atoms with Crippen molar-refractivity contribution in [3.05, 3.63) is 89.7 Å². The number of anilines is 1. The van der Waals surface area contributed by atoms with Gasteiger partial charge in [0.2, 0.25) is 6.73 Å². The number of halogens is 1. The van der Waals surface area contributed by atoms with Gasteiger partial charge in [0.15, 0.2) is 5.76 Å². The highest BCUT2D eigenvalue weighted by Crippen LogP contribution is 2.41. The SMILES string of the molecule is COP(=O)(O)OC[n+]1cccc(-c2cc(CC3=CNC(NCc4ccc(F)cc4)C=C3)no2)c1N. The largest absolute Gasteiger partial charge is 0.475 e. The van der Waals surface area contributed by atoms with Crippen LogP contribution in [0, 0.1) is 5.82 Å². The molecule has 1 aliphatic heterocycles. The average Bonchev–Trinajstić information content (AvgIpc) is 3.32. The number of allylic oxidation sites excluding steroid dienone is 2. The van der Waals surface area contributed by atoms with Crippen LogP contribution < -0.4 is 20.9 Å². The number of dihydropyridines is 1. The van der Waals surface area contributed by atoms with Crippen molar-refractivity contribution in [3.8, 4) is 11.3 Å². The van der Waals surface area contributed by atoms with Gasteiger partial charge in [-0.2, -0.15) is 0 Å². The number of nitrogens with two attached hydrogens (primary N) is 1. The molecular weight excluding hydrogens is 476 g/mol. The van der Waals surface area contributed by atoms with Crippen LogP contribution in [0.4, 0.5) is 10.2 Å². The smallest absolute Gasteiger partial charge is 0.372 e. The molecule has 1 aliphatic rings. The summed E-state index contributed by atoms with van der Waals surface area (Å²) in [6, 6.07) is 11.6. The molecule has 4 rings (SSSR count). The second kappa shape index (κ2) is 10.9. The Balaban J connectivity index is 1.34. The normalized spacial score (nSPS) is 17.0. The fourth-order valence-corrected chi connectivity index (χ4v) is 3.77. The second-order valence-corrected chi connectivity index (χ2v) is 9.34. The summed E-state index contributed by atoms with van der Waals surface area (Å²) < 4.78 is 40.8. The van der Waals surface area contributed by atoms with E-state index < -0.39 is 7.82 Å². The Kier molecular flexibility index (Phi) is 7.74. The summed E-state index contributed by atoms with van der Waals surface area (Å²) in [7, 11) is -3.06. The van der Waals surface area contributed by atoms with Gasteiger partial charge in [0.05, 0.1) is 18.1 Å². The van der Waals surface area contributed by atoms with Crippen LogP contribution in [0.3, 0.4) is 0 Å². The molecule has 0 fully saturated rings. The van der Waals surface area contributed by atoms with Crippen LogP contribution in [-0.2, 0) is 33.3 Å². The van der Waals surface area contributed by atoms with Crippen LogP contribution >= 0.6 is 7.82 Å². The van der Waals surface area contributed by atoms with Crippen LogP contribution in [0.5, 0.6) is 0 Å². The maximum atomic E-state index is 13.0. The van der Waals surface area contributed by atoms with Crippen molar-refractivity contribution in [2.75, 3.05) is 12.8 Å². The highest BCUT2D eigenvalue weighted by atomic mass is 31.2. The summed E-state index contributed by atoms with van der Waals surface area (Å²) in [6.07, 6.45) is 7.99. The van der Waals surface area contributed by atoms with Crippen LogP contribution in [0.2, 0.25) is 0 Å². The standard InChI is InChI=1S/C23H25FN5O5P/c1-32-35(30,31)33-15-29-10-2-3-20(23(29)25)21-12-19(28-34-21)11-17-6-9-22(27-14-17)26-13-16-4-7-18(24)8-5-16/h2-10,12,14,22,25-27H,11,13,15H2,1H3,(H,30,31)/p+1. The Labute approximate surface area is 201 Å². The Bertz CT molecular complexity index is 1280. The Morgan fingerprint density at radius 1 is 1.34 bits per heavy atom. The molecule has 5 N–H and O–H groups in total. The molecule has 184 valence electrons. The number of rotatable bonds is 10. The van der Waals surface area contributed by atoms with E-state index in [1.54, 1.807) is 36.5 Å². The number of benzene rings is 1. The number of nitrogens with one attached hydrogen (secondary N) is 2. The van der Waals surface area contributed by atoms with Crippen molar-refractivity contribution >= 4 is 13.6 Å². The lowest BCUT2D eigenvalue weighted by atomic mass is 10.1. The minimum absolute atomic E-state index is 0.0502. The highest BCUT2D eigenvalue weighted by molar-refractivity contribution is 7.47. The van der Waals surface area contributed by atoms with Gasteiger partial charge in [-0.05, 0) is 41.5 Å². The quantitative estimate of drug-likeness (QED) is 0.244. The lowest BCUT2D eigenvalue weighted by molar-refractivity contribution is -0.711. The monoisotopic (exact) mass is 502 g/mol. The fraction of sp³-hybridized carbons (Fsp3) is 0.217. The van der Waals surface area contributed by atoms with Crippen molar-refractivity contribution in [3.63, 3.8) is 0 Å². The number of phosphoric ester groups is 1. The third-order valence-corrected chi connectivity index (χ3v) is 6.21. The molecule has 35 heavy (non-hydrogen) atoms. The predicted octanol–water partition coefficient (Wildman–Crippen LogP) is 2.77. The van der Waals surface area contributed by atoms with E-state index in [2.05, 4.69) is 20.3 Å². The van der Waals surface area contributed by atoms with E-state index in [0.29, 0.717) is 30.0 Å². The number of hydrogen-bond acceptors (Lipinski definition) is 8. The average molecular weight is 502 g/mol. The Morgan fingerprint density at radius 2 is 2.14 bits per heavy atom. The van der Waals surface area contributed by atoms with Crippen molar-refractivity contribution in [1.82, 2.24) is 15.8 Å². The van der Waals surface area contributed by atoms with Gasteiger partial charge in [0.25, 0.3) is 5.82 Å². The molecule has 3 heterocycles. The lowest BCUT2D eigenvalue weighted by Gasteiger charge is -2.20. The second-order valence-electron chi connectivity index (χ2n) is 7.78. The van der Waals surface area contributed by atoms with Gasteiger partial charge >= 0.3 is 7.82 Å². The maximum absolute atomic E-state index is 13.0. The summed E-state index contributed by atoms with van der Waals surface area (Å²) in [5.41, 5.74) is 9.47. The Morgan fingerprint density at radius 3 is 2.86 bits per heavy atom. The zero-order valence-corrected chi connectivity index (χ0v) is 19.8. The van der Waals surface area contributed by atoms with E-state index in [9.17, 15) is 13.8 Å². The third kappa shape index (κ3) is 6.62. The number of nitrogens with zero attached hydrogens (tertiary/aromatic N) is 2. The molecule has 2 aromatic heterocycles. The minimum Gasteiger partial charge on any atom is -0.372 e. The lowest BCUT2D eigenvalue weighted by Crippen LogP contribution is -2.39. The van der Waals surface area contributed by atoms with Crippen LogP contribution in [0.15, 0.2) is 77.1 Å². The zero-order chi connectivity index (χ0) is 24.8. The fourth-order valence-electron chi connectivity index (χ4n) is 3.39. The molecule has 3 aromatic rings. The number of aromatic nitrogens is 2. The number of hydrogen-bond donors (Lipinski definition) is 4. The molecule has 2 unspecified atom stereocenters. The summed E-state index contributed by atoms with van der Waals surface area (Å²) in [5.74, 6) is 0.481. The van der Waals surface area contributed by atoms with Crippen molar-refractivity contribution < 1.29 is 32.0 Å². The molecule has 10 nitrogen and oxygen atoms in total. The van der Waals surface area contributed by atoms with Gasteiger partial charge in [-0.3, -0.25) is 15.6 Å². The summed E-state index contributed by atoms with van der Waals surface area (Å²) in [4.78, 5) is 9.42. The van der Waals surface area contributed by atoms with Crippen LogP contribution in [0.25, 0.3) is 11.3 Å². The first-order valence-corrected chi connectivity index (χ1v) is 12.2. The first kappa shape index (κ1) is 24.8. The van der Waals surface area contributed by atoms with Crippen molar-refractivity contribution in [1.29, 1.82) is 0 Å². The molecule has 0 spiro atoms. The van der Waals surface area contributed by atoms with Crippen molar-refractivity contribution in [2.24, 2.45) is 0 Å². The highest BCUT2D eigenvalue weighted by Gasteiger charge is 2.23. The number of nitrogen functional groups attached to an aromatic ring is 1. The van der Waals surface area contributed by atoms with Gasteiger partial charge in [0.1, 0.15) is 11.4 Å². The molecular formula is C23H26FN5O5P+. The molecule has 1 aromatic carbocycles. The number of pyridine rings is 1. The van der Waals surface area contributed by atoms with Crippen LogP contribution in [0.1, 0.15) is 11.3 Å². The maximum Gasteiger partial charge on any atom is 0.475 e. The van der Waals surface area contributed by atoms with E-state index in [4.69, 9.17) is 14.8 Å². The van der Waals surface area contributed by atoms with Crippen molar-refractivity contribution in [2.45, 2.75) is 25.9 Å². The van der Waals surface area contributed by atoms with Gasteiger partial charge < -0.3 is 14.7 Å². The number of phosphoric acid groups is 1. The molecule has 12 heteroatoms. The summed E-state index contributed by atoms with van der Waals surface area (Å²) in [6.45, 7) is 0.324. The summed E-state index contributed by atoms with van der Waals surface area (Å²) >= 11 is 0. The zero-order valence-electron chi connectivity index (χ0n) is 18.9. The first-order valence-electron chi connectivity index (χ1n) is 10.7. The van der Waals surface area contributed by atoms with E-state index in [0.717, 1.165) is 18.2 Å². The van der Waals surface area contributed by atoms with E-state index in [1.807, 2.05) is 18.4 Å². The Hall–Kier alpha value is -3.34. The minimum atomic E-state index is -4.14. The molecule has 0 saturated heterocycles. The van der Waals surface area contributed by atoms with E-state index in [-0.39, 0.29) is 24.5 Å². The first-order chi connectivity index (χ1) is 16.8. The van der Waals surface area contributed by atoms with Crippen LogP contribution in [-0.4, -0.2) is 23.3 Å². The van der Waals surface area contributed by atoms with E-state index in [1.165, 1.54) is 16.7 Å². The van der Waals surface area contributed by atoms with E-state index >= 15 is 0 Å². The molecule has 0 saturated carbocycles.